The Morgan fingerprint density at radius 2 is 1.75 bits per heavy atom. The van der Waals surface area contributed by atoms with E-state index in [0.717, 1.165) is 0 Å². The first-order chi connectivity index (χ1) is 7.32. The maximum atomic E-state index is 12.5. The molecule has 0 radical (unpaired) electrons. The van der Waals surface area contributed by atoms with E-state index in [1.807, 2.05) is 0 Å². The number of hydrogen-bond acceptors (Lipinski definition) is 3. The van der Waals surface area contributed by atoms with Crippen molar-refractivity contribution in [3.63, 3.8) is 0 Å². The van der Waals surface area contributed by atoms with Gasteiger partial charge in [0.25, 0.3) is 5.82 Å². The summed E-state index contributed by atoms with van der Waals surface area (Å²) in [5.41, 5.74) is 1.19. The summed E-state index contributed by atoms with van der Waals surface area (Å²) >= 11 is 5.72. The van der Waals surface area contributed by atoms with E-state index in [4.69, 9.17) is 11.6 Å². The monoisotopic (exact) mass is 250 g/mol. The largest absolute Gasteiger partial charge is 0.453 e. The van der Waals surface area contributed by atoms with Crippen molar-refractivity contribution in [2.24, 2.45) is 0 Å². The maximum Gasteiger partial charge on any atom is 0.453 e. The molecule has 16 heavy (non-hydrogen) atoms. The van der Waals surface area contributed by atoms with Crippen LogP contribution in [0.25, 0.3) is 5.65 Å². The molecule has 0 aromatic carbocycles. The Morgan fingerprint density at radius 1 is 1.12 bits per heavy atom. The minimum absolute atomic E-state index is 0.00954. The first-order valence-corrected chi connectivity index (χ1v) is 4.65. The van der Waals surface area contributed by atoms with Crippen molar-refractivity contribution in [2.45, 2.75) is 20.0 Å². The second-order valence-corrected chi connectivity index (χ2v) is 3.66. The van der Waals surface area contributed by atoms with Crippen LogP contribution < -0.4 is 0 Å². The van der Waals surface area contributed by atoms with Crippen LogP contribution >= 0.6 is 11.6 Å². The number of hydrogen-bond donors (Lipinski definition) is 0. The lowest BCUT2D eigenvalue weighted by Gasteiger charge is -2.06. The Morgan fingerprint density at radius 3 is 2.31 bits per heavy atom. The van der Waals surface area contributed by atoms with Gasteiger partial charge >= 0.3 is 6.18 Å². The van der Waals surface area contributed by atoms with Gasteiger partial charge in [0.05, 0.1) is 0 Å². The third kappa shape index (κ3) is 1.51. The fourth-order valence-corrected chi connectivity index (χ4v) is 1.49. The minimum Gasteiger partial charge on any atom is -0.187 e. The molecule has 0 atom stereocenters. The lowest BCUT2D eigenvalue weighted by molar-refractivity contribution is -0.146. The number of fused-ring (bicyclic) bond motifs is 1. The number of halogens is 4. The number of rotatable bonds is 0. The van der Waals surface area contributed by atoms with Crippen LogP contribution in [0, 0.1) is 13.8 Å². The van der Waals surface area contributed by atoms with Gasteiger partial charge in [0.1, 0.15) is 0 Å². The number of alkyl halides is 3. The molecule has 2 aromatic heterocycles. The zero-order chi connectivity index (χ0) is 12.1. The van der Waals surface area contributed by atoms with Crippen molar-refractivity contribution >= 4 is 17.2 Å². The zero-order valence-electron chi connectivity index (χ0n) is 8.30. The summed E-state index contributed by atoms with van der Waals surface area (Å²) in [5, 5.41) is 10.1. The second kappa shape index (κ2) is 3.31. The summed E-state index contributed by atoms with van der Waals surface area (Å²) in [4.78, 5) is 0. The van der Waals surface area contributed by atoms with Crippen LogP contribution in [-0.4, -0.2) is 19.8 Å². The fraction of sp³-hybridized carbons (Fsp3) is 0.375. The quantitative estimate of drug-likeness (QED) is 0.721. The molecule has 0 amide bonds. The highest BCUT2D eigenvalue weighted by Gasteiger charge is 2.38. The van der Waals surface area contributed by atoms with Crippen LogP contribution in [0.3, 0.4) is 0 Å². The SMILES string of the molecule is Cc1c(Cl)nn2c(C(F)(F)F)nnc2c1C. The van der Waals surface area contributed by atoms with E-state index in [0.29, 0.717) is 15.6 Å². The molecule has 0 N–H and O–H groups in total. The average molecular weight is 251 g/mol. The van der Waals surface area contributed by atoms with E-state index in [9.17, 15) is 13.2 Å². The Balaban J connectivity index is 2.84. The normalized spacial score (nSPS) is 12.4. The molecule has 2 aromatic rings. The van der Waals surface area contributed by atoms with Crippen molar-refractivity contribution in [3.8, 4) is 0 Å². The highest BCUT2D eigenvalue weighted by atomic mass is 35.5. The van der Waals surface area contributed by atoms with Crippen LogP contribution in [0.4, 0.5) is 13.2 Å². The van der Waals surface area contributed by atoms with E-state index in [1.54, 1.807) is 13.8 Å². The molecule has 0 aliphatic heterocycles. The van der Waals surface area contributed by atoms with Gasteiger partial charge in [0.2, 0.25) is 0 Å². The predicted molar refractivity (Wildman–Crippen MR) is 50.3 cm³/mol. The second-order valence-electron chi connectivity index (χ2n) is 3.30. The summed E-state index contributed by atoms with van der Waals surface area (Å²) in [6.07, 6.45) is -4.60. The van der Waals surface area contributed by atoms with Crippen LogP contribution in [0.2, 0.25) is 5.15 Å². The Labute approximate surface area is 93.0 Å². The van der Waals surface area contributed by atoms with Gasteiger partial charge in [0, 0.05) is 5.56 Å². The molecule has 0 aliphatic rings. The average Bonchev–Trinajstić information content (AvgIpc) is 2.57. The highest BCUT2D eigenvalue weighted by molar-refractivity contribution is 6.30. The van der Waals surface area contributed by atoms with Gasteiger partial charge in [-0.25, -0.2) is 0 Å². The Hall–Kier alpha value is -1.37. The first kappa shape index (κ1) is 11.1. The predicted octanol–water partition coefficient (Wildman–Crippen LogP) is 2.41. The van der Waals surface area contributed by atoms with Gasteiger partial charge in [-0.2, -0.15) is 22.8 Å². The van der Waals surface area contributed by atoms with Crippen molar-refractivity contribution in [1.29, 1.82) is 0 Å². The lowest BCUT2D eigenvalue weighted by atomic mass is 10.2. The molecule has 86 valence electrons. The molecule has 2 heterocycles. The Bertz CT molecular complexity index is 560. The number of aryl methyl sites for hydroxylation is 1. The van der Waals surface area contributed by atoms with Gasteiger partial charge in [-0.15, -0.1) is 10.2 Å². The summed E-state index contributed by atoms with van der Waals surface area (Å²) in [7, 11) is 0. The minimum atomic E-state index is -4.60. The molecule has 0 unspecified atom stereocenters. The molecule has 0 fully saturated rings. The van der Waals surface area contributed by atoms with E-state index in [-0.39, 0.29) is 10.8 Å². The highest BCUT2D eigenvalue weighted by Crippen LogP contribution is 2.29. The van der Waals surface area contributed by atoms with Gasteiger partial charge in [-0.05, 0) is 19.4 Å². The molecule has 0 bridgehead atoms. The summed E-state index contributed by atoms with van der Waals surface area (Å²) < 4.78 is 38.1. The van der Waals surface area contributed by atoms with Gasteiger partial charge in [-0.3, -0.25) is 0 Å². The maximum absolute atomic E-state index is 12.5. The van der Waals surface area contributed by atoms with Crippen LogP contribution in [0.1, 0.15) is 17.0 Å². The van der Waals surface area contributed by atoms with Crippen LogP contribution in [0.15, 0.2) is 0 Å². The summed E-state index contributed by atoms with van der Waals surface area (Å²) in [5.74, 6) is -1.17. The topological polar surface area (TPSA) is 43.1 Å². The van der Waals surface area contributed by atoms with Crippen molar-refractivity contribution in [1.82, 2.24) is 19.8 Å². The molecular formula is C8H6ClF3N4. The first-order valence-electron chi connectivity index (χ1n) is 4.27. The third-order valence-electron chi connectivity index (χ3n) is 2.29. The van der Waals surface area contributed by atoms with Crippen LogP contribution in [0.5, 0.6) is 0 Å². The van der Waals surface area contributed by atoms with Gasteiger partial charge in [0.15, 0.2) is 10.8 Å². The molecule has 2 rings (SSSR count). The van der Waals surface area contributed by atoms with Gasteiger partial charge < -0.3 is 0 Å². The number of nitrogens with zero attached hydrogens (tertiary/aromatic N) is 4. The fourth-order valence-electron chi connectivity index (χ4n) is 1.27. The molecule has 0 saturated heterocycles. The van der Waals surface area contributed by atoms with Gasteiger partial charge in [-0.1, -0.05) is 11.6 Å². The van der Waals surface area contributed by atoms with E-state index >= 15 is 0 Å². The third-order valence-corrected chi connectivity index (χ3v) is 2.65. The molecule has 0 spiro atoms. The van der Waals surface area contributed by atoms with Crippen molar-refractivity contribution in [3.05, 3.63) is 22.1 Å². The van der Waals surface area contributed by atoms with E-state index in [1.165, 1.54) is 0 Å². The molecule has 4 nitrogen and oxygen atoms in total. The van der Waals surface area contributed by atoms with E-state index in [2.05, 4.69) is 15.3 Å². The molecule has 8 heteroatoms. The lowest BCUT2D eigenvalue weighted by Crippen LogP contribution is -2.13. The van der Waals surface area contributed by atoms with Crippen LogP contribution in [-0.2, 0) is 6.18 Å². The standard InChI is InChI=1S/C8H6ClF3N4/c1-3-4(2)6-13-14-7(8(10,11)12)16(6)15-5(3)9/h1-2H3. The van der Waals surface area contributed by atoms with Crippen molar-refractivity contribution in [2.75, 3.05) is 0 Å². The summed E-state index contributed by atoms with van der Waals surface area (Å²) in [6.45, 7) is 3.28. The summed E-state index contributed by atoms with van der Waals surface area (Å²) in [6, 6.07) is 0. The molecule has 0 saturated carbocycles. The number of aromatic nitrogens is 4. The molecular weight excluding hydrogens is 245 g/mol. The van der Waals surface area contributed by atoms with Crippen molar-refractivity contribution < 1.29 is 13.2 Å². The smallest absolute Gasteiger partial charge is 0.187 e. The Kier molecular flexibility index (Phi) is 2.30. The molecule has 0 aliphatic carbocycles. The zero-order valence-corrected chi connectivity index (χ0v) is 9.06. The van der Waals surface area contributed by atoms with E-state index < -0.39 is 12.0 Å².